The molecule has 0 aromatic rings. The molecule has 0 heterocycles. The van der Waals surface area contributed by atoms with Crippen molar-refractivity contribution >= 4 is 17.9 Å². The Morgan fingerprint density at radius 2 is 1.11 bits per heavy atom. The maximum absolute atomic E-state index is 12.8. The molecule has 8 nitrogen and oxygen atoms in total. The van der Waals surface area contributed by atoms with Gasteiger partial charge in [0.2, 0.25) is 0 Å². The molecule has 3 atom stereocenters. The van der Waals surface area contributed by atoms with Gasteiger partial charge in [0.05, 0.1) is 37.1 Å². The van der Waals surface area contributed by atoms with Gasteiger partial charge in [-0.1, -0.05) is 101 Å². The maximum atomic E-state index is 12.8. The molecule has 0 aliphatic carbocycles. The Balaban J connectivity index is -0.0000000810. The minimum absolute atomic E-state index is 0. The molecule has 0 aliphatic heterocycles. The van der Waals surface area contributed by atoms with Crippen LogP contribution < -0.4 is 0 Å². The van der Waals surface area contributed by atoms with Gasteiger partial charge in [-0.25, -0.2) is 0 Å². The Morgan fingerprint density at radius 1 is 0.684 bits per heavy atom. The number of rotatable bonds is 15. The second kappa shape index (κ2) is 39.8. The van der Waals surface area contributed by atoms with E-state index in [2.05, 4.69) is 0 Å². The minimum Gasteiger partial charge on any atom is -0.465 e. The van der Waals surface area contributed by atoms with Crippen molar-refractivity contribution in [2.75, 3.05) is 33.0 Å². The average Bonchev–Trinajstić information content (AvgIpc) is 2.68. The van der Waals surface area contributed by atoms with Gasteiger partial charge in [0.1, 0.15) is 13.2 Å². The van der Waals surface area contributed by atoms with E-state index in [0.717, 1.165) is 12.8 Å². The molecule has 38 heavy (non-hydrogen) atoms. The first-order valence-corrected chi connectivity index (χ1v) is 9.97. The highest BCUT2D eigenvalue weighted by Gasteiger charge is 2.41. The standard InChI is InChI=1S/C20H36O8.10CH4/c1-5-7-10-28-19(25)20(4,13-15(3)17(23)26-11-8-21)14-16(6-2)18(24)27-12-9-22;;;;;;;;;;/h15-16,21-22H,5-14H2,1-4H3;10*1H4. The van der Waals surface area contributed by atoms with Crippen LogP contribution in [0.15, 0.2) is 0 Å². The van der Waals surface area contributed by atoms with Crippen molar-refractivity contribution in [1.82, 2.24) is 0 Å². The van der Waals surface area contributed by atoms with Crippen molar-refractivity contribution in [3.8, 4) is 0 Å². The molecule has 0 fully saturated rings. The van der Waals surface area contributed by atoms with Gasteiger partial charge in [0, 0.05) is 0 Å². The fraction of sp³-hybridized carbons (Fsp3) is 0.900. The van der Waals surface area contributed by atoms with Gasteiger partial charge >= 0.3 is 17.9 Å². The second-order valence-corrected chi connectivity index (χ2v) is 7.25. The Bertz CT molecular complexity index is 483. The summed E-state index contributed by atoms with van der Waals surface area (Å²) in [4.78, 5) is 37.1. The highest BCUT2D eigenvalue weighted by Crippen LogP contribution is 2.37. The Morgan fingerprint density at radius 3 is 1.47 bits per heavy atom. The highest BCUT2D eigenvalue weighted by atomic mass is 16.5. The molecule has 3 unspecified atom stereocenters. The molecule has 0 bridgehead atoms. The summed E-state index contributed by atoms with van der Waals surface area (Å²) >= 11 is 0. The Labute approximate surface area is 241 Å². The zero-order chi connectivity index (χ0) is 21.6. The number of hydrogen-bond acceptors (Lipinski definition) is 8. The fourth-order valence-electron chi connectivity index (χ4n) is 2.98. The number of hydrogen-bond donors (Lipinski definition) is 2. The van der Waals surface area contributed by atoms with Crippen LogP contribution in [0.1, 0.15) is 134 Å². The third kappa shape index (κ3) is 27.4. The fourth-order valence-corrected chi connectivity index (χ4v) is 2.98. The van der Waals surface area contributed by atoms with Crippen molar-refractivity contribution in [3.05, 3.63) is 0 Å². The van der Waals surface area contributed by atoms with E-state index in [1.165, 1.54) is 0 Å². The van der Waals surface area contributed by atoms with Gasteiger partial charge < -0.3 is 24.4 Å². The molecule has 0 amide bonds. The molecule has 2 N–H and O–H groups in total. The van der Waals surface area contributed by atoms with Crippen molar-refractivity contribution in [3.63, 3.8) is 0 Å². The lowest BCUT2D eigenvalue weighted by atomic mass is 9.74. The summed E-state index contributed by atoms with van der Waals surface area (Å²) in [6.07, 6.45) is 2.36. The number of aliphatic hydroxyl groups excluding tert-OH is 2. The second-order valence-electron chi connectivity index (χ2n) is 7.25. The van der Waals surface area contributed by atoms with Crippen molar-refractivity contribution in [2.24, 2.45) is 17.3 Å². The van der Waals surface area contributed by atoms with Gasteiger partial charge in [0.25, 0.3) is 0 Å². The summed E-state index contributed by atoms with van der Waals surface area (Å²) < 4.78 is 15.4. The van der Waals surface area contributed by atoms with Crippen LogP contribution >= 0.6 is 0 Å². The number of aliphatic hydroxyl groups is 2. The van der Waals surface area contributed by atoms with Gasteiger partial charge in [-0.15, -0.1) is 0 Å². The number of carbonyl (C=O) groups excluding carboxylic acids is 3. The third-order valence-corrected chi connectivity index (χ3v) is 4.58. The SMILES string of the molecule is C.C.C.C.C.C.C.C.C.C.CCCCOC(=O)C(C)(CC(C)C(=O)OCCO)CC(CC)C(=O)OCCO. The summed E-state index contributed by atoms with van der Waals surface area (Å²) in [5, 5.41) is 17.6. The molecule has 0 aromatic carbocycles. The smallest absolute Gasteiger partial charge is 0.311 e. The third-order valence-electron chi connectivity index (χ3n) is 4.58. The Hall–Kier alpha value is -1.67. The van der Waals surface area contributed by atoms with Gasteiger partial charge in [-0.05, 0) is 32.6 Å². The van der Waals surface area contributed by atoms with E-state index in [4.69, 9.17) is 24.4 Å². The summed E-state index contributed by atoms with van der Waals surface area (Å²) in [5.74, 6) is -2.63. The maximum Gasteiger partial charge on any atom is 0.311 e. The largest absolute Gasteiger partial charge is 0.465 e. The molecule has 0 aromatic heterocycles. The minimum atomic E-state index is -1.08. The highest BCUT2D eigenvalue weighted by molar-refractivity contribution is 5.80. The Kier molecular flexibility index (Phi) is 74.1. The van der Waals surface area contributed by atoms with Crippen LogP contribution in [0, 0.1) is 17.3 Å². The van der Waals surface area contributed by atoms with Crippen LogP contribution in [0.5, 0.6) is 0 Å². The number of unbranched alkanes of at least 4 members (excludes halogenated alkanes) is 1. The predicted molar refractivity (Wildman–Crippen MR) is 170 cm³/mol. The molecule has 0 saturated heterocycles. The van der Waals surface area contributed by atoms with E-state index in [1.54, 1.807) is 13.8 Å². The quantitative estimate of drug-likeness (QED) is 0.116. The monoisotopic (exact) mass is 565 g/mol. The van der Waals surface area contributed by atoms with Crippen molar-refractivity contribution in [2.45, 2.75) is 134 Å². The first-order chi connectivity index (χ1) is 13.2. The topological polar surface area (TPSA) is 119 Å². The van der Waals surface area contributed by atoms with Crippen LogP contribution in [0.3, 0.4) is 0 Å². The summed E-state index contributed by atoms with van der Waals surface area (Å²) in [5.41, 5.74) is -1.08. The average molecular weight is 565 g/mol. The van der Waals surface area contributed by atoms with Crippen molar-refractivity contribution < 1.29 is 38.8 Å². The summed E-state index contributed by atoms with van der Waals surface area (Å²) in [7, 11) is 0. The number of carbonyl (C=O) groups is 3. The van der Waals surface area contributed by atoms with Crippen LogP contribution in [-0.2, 0) is 28.6 Å². The van der Waals surface area contributed by atoms with E-state index in [9.17, 15) is 14.4 Å². The molecular weight excluding hydrogens is 488 g/mol. The predicted octanol–water partition coefficient (Wildman–Crippen LogP) is 8.21. The number of esters is 3. The van der Waals surface area contributed by atoms with Crippen molar-refractivity contribution in [1.29, 1.82) is 0 Å². The summed E-state index contributed by atoms with van der Waals surface area (Å²) in [6, 6.07) is 0. The van der Waals surface area contributed by atoms with Crippen LogP contribution in [-0.4, -0.2) is 61.2 Å². The molecule has 8 heteroatoms. The van der Waals surface area contributed by atoms with E-state index in [-0.39, 0.29) is 120 Å². The van der Waals surface area contributed by atoms with Gasteiger partial charge in [-0.3, -0.25) is 14.4 Å². The molecule has 0 aliphatic rings. The molecular formula is C30H76O8. The van der Waals surface area contributed by atoms with Crippen LogP contribution in [0.2, 0.25) is 0 Å². The lowest BCUT2D eigenvalue weighted by Crippen LogP contribution is -2.38. The van der Waals surface area contributed by atoms with E-state index >= 15 is 0 Å². The van der Waals surface area contributed by atoms with Crippen LogP contribution in [0.4, 0.5) is 0 Å². The van der Waals surface area contributed by atoms with E-state index in [1.807, 2.05) is 13.8 Å². The zero-order valence-electron chi connectivity index (χ0n) is 17.6. The molecule has 0 saturated carbocycles. The van der Waals surface area contributed by atoms with E-state index in [0.29, 0.717) is 6.42 Å². The number of ether oxygens (including phenoxy) is 3. The van der Waals surface area contributed by atoms with Crippen LogP contribution in [0.25, 0.3) is 0 Å². The summed E-state index contributed by atoms with van der Waals surface area (Å²) in [6.45, 7) is 6.64. The molecule has 244 valence electrons. The normalized spacial score (nSPS) is 11.2. The first kappa shape index (κ1) is 70.7. The lowest BCUT2D eigenvalue weighted by Gasteiger charge is -2.32. The zero-order valence-corrected chi connectivity index (χ0v) is 17.6. The molecule has 0 radical (unpaired) electrons. The lowest BCUT2D eigenvalue weighted by molar-refractivity contribution is -0.162. The first-order valence-electron chi connectivity index (χ1n) is 9.97. The molecule has 0 rings (SSSR count). The van der Waals surface area contributed by atoms with Gasteiger partial charge in [0.15, 0.2) is 0 Å². The van der Waals surface area contributed by atoms with Gasteiger partial charge in [-0.2, -0.15) is 0 Å². The van der Waals surface area contributed by atoms with E-state index < -0.39 is 35.2 Å². The molecule has 0 spiro atoms.